The van der Waals surface area contributed by atoms with E-state index in [2.05, 4.69) is 23.2 Å². The van der Waals surface area contributed by atoms with Gasteiger partial charge in [-0.1, -0.05) is 6.07 Å². The van der Waals surface area contributed by atoms with E-state index in [1.165, 1.54) is 5.56 Å². The van der Waals surface area contributed by atoms with E-state index in [1.807, 2.05) is 32.9 Å². The summed E-state index contributed by atoms with van der Waals surface area (Å²) >= 11 is 0. The summed E-state index contributed by atoms with van der Waals surface area (Å²) in [6.07, 6.45) is 1.02. The van der Waals surface area contributed by atoms with Gasteiger partial charge in [-0.15, -0.1) is 11.8 Å². The molecular formula is C16H23NO2. The Kier molecular flexibility index (Phi) is 6.84. The second-order valence-corrected chi connectivity index (χ2v) is 4.51. The fourth-order valence-electron chi connectivity index (χ4n) is 1.68. The van der Waals surface area contributed by atoms with E-state index in [-0.39, 0.29) is 6.10 Å². The number of hydrogen-bond acceptors (Lipinski definition) is 3. The zero-order valence-corrected chi connectivity index (χ0v) is 12.2. The van der Waals surface area contributed by atoms with Crippen molar-refractivity contribution in [3.63, 3.8) is 0 Å². The molecule has 0 amide bonds. The SMILES string of the molecule is CC#CCCNCc1ccc(OC(C)C)c(OC)c1. The zero-order valence-electron chi connectivity index (χ0n) is 12.2. The van der Waals surface area contributed by atoms with Crippen molar-refractivity contribution >= 4 is 0 Å². The smallest absolute Gasteiger partial charge is 0.161 e. The molecule has 0 saturated heterocycles. The highest BCUT2D eigenvalue weighted by molar-refractivity contribution is 5.43. The quantitative estimate of drug-likeness (QED) is 0.604. The van der Waals surface area contributed by atoms with E-state index in [1.54, 1.807) is 7.11 Å². The molecule has 0 saturated carbocycles. The fraction of sp³-hybridized carbons (Fsp3) is 0.500. The fourth-order valence-corrected chi connectivity index (χ4v) is 1.68. The van der Waals surface area contributed by atoms with Gasteiger partial charge in [0.1, 0.15) is 0 Å². The highest BCUT2D eigenvalue weighted by Crippen LogP contribution is 2.28. The second kappa shape index (κ2) is 8.44. The van der Waals surface area contributed by atoms with E-state index < -0.39 is 0 Å². The minimum absolute atomic E-state index is 0.144. The molecule has 0 heterocycles. The van der Waals surface area contributed by atoms with Crippen LogP contribution in [0.2, 0.25) is 0 Å². The van der Waals surface area contributed by atoms with Crippen molar-refractivity contribution < 1.29 is 9.47 Å². The summed E-state index contributed by atoms with van der Waals surface area (Å²) in [4.78, 5) is 0. The molecule has 1 aromatic rings. The Morgan fingerprint density at radius 3 is 2.68 bits per heavy atom. The molecule has 0 unspecified atom stereocenters. The maximum absolute atomic E-state index is 5.69. The van der Waals surface area contributed by atoms with Gasteiger partial charge in [0.25, 0.3) is 0 Å². The first-order valence-corrected chi connectivity index (χ1v) is 6.61. The first-order chi connectivity index (χ1) is 9.17. The molecule has 0 bridgehead atoms. The summed E-state index contributed by atoms with van der Waals surface area (Å²) in [5.74, 6) is 7.48. The van der Waals surface area contributed by atoms with Gasteiger partial charge in [-0.25, -0.2) is 0 Å². The molecular weight excluding hydrogens is 238 g/mol. The van der Waals surface area contributed by atoms with Crippen LogP contribution in [0, 0.1) is 11.8 Å². The van der Waals surface area contributed by atoms with Crippen LogP contribution in [0.25, 0.3) is 0 Å². The largest absolute Gasteiger partial charge is 0.493 e. The molecule has 3 nitrogen and oxygen atoms in total. The van der Waals surface area contributed by atoms with E-state index >= 15 is 0 Å². The van der Waals surface area contributed by atoms with Crippen molar-refractivity contribution in [2.75, 3.05) is 13.7 Å². The zero-order chi connectivity index (χ0) is 14.1. The van der Waals surface area contributed by atoms with Crippen LogP contribution in [0.15, 0.2) is 18.2 Å². The lowest BCUT2D eigenvalue weighted by molar-refractivity contribution is 0.230. The van der Waals surface area contributed by atoms with Crippen LogP contribution in [-0.4, -0.2) is 19.8 Å². The molecule has 0 spiro atoms. The first kappa shape index (κ1) is 15.4. The van der Waals surface area contributed by atoms with Gasteiger partial charge < -0.3 is 14.8 Å². The van der Waals surface area contributed by atoms with Crippen LogP contribution in [0.5, 0.6) is 11.5 Å². The molecule has 0 atom stereocenters. The first-order valence-electron chi connectivity index (χ1n) is 6.61. The molecule has 0 fully saturated rings. The van der Waals surface area contributed by atoms with Crippen LogP contribution in [0.3, 0.4) is 0 Å². The summed E-state index contributed by atoms with van der Waals surface area (Å²) in [5, 5.41) is 3.35. The number of hydrogen-bond donors (Lipinski definition) is 1. The Bertz CT molecular complexity index is 444. The molecule has 1 aromatic carbocycles. The lowest BCUT2D eigenvalue weighted by atomic mass is 10.2. The van der Waals surface area contributed by atoms with E-state index in [4.69, 9.17) is 9.47 Å². The van der Waals surface area contributed by atoms with Gasteiger partial charge in [0.2, 0.25) is 0 Å². The van der Waals surface area contributed by atoms with Crippen LogP contribution in [-0.2, 0) is 6.54 Å². The summed E-state index contributed by atoms with van der Waals surface area (Å²) < 4.78 is 11.0. The Morgan fingerprint density at radius 2 is 2.05 bits per heavy atom. The third-order valence-corrected chi connectivity index (χ3v) is 2.52. The Labute approximate surface area is 116 Å². The van der Waals surface area contributed by atoms with Crippen LogP contribution >= 0.6 is 0 Å². The van der Waals surface area contributed by atoms with E-state index in [0.717, 1.165) is 31.0 Å². The van der Waals surface area contributed by atoms with Crippen molar-refractivity contribution in [3.05, 3.63) is 23.8 Å². The molecule has 0 aliphatic carbocycles. The second-order valence-electron chi connectivity index (χ2n) is 4.51. The van der Waals surface area contributed by atoms with Crippen molar-refractivity contribution in [3.8, 4) is 23.3 Å². The number of ether oxygens (including phenoxy) is 2. The molecule has 19 heavy (non-hydrogen) atoms. The summed E-state index contributed by atoms with van der Waals surface area (Å²) in [7, 11) is 1.66. The van der Waals surface area contributed by atoms with Gasteiger partial charge >= 0.3 is 0 Å². The normalized spacial score (nSPS) is 9.95. The van der Waals surface area contributed by atoms with Crippen LogP contribution in [0.1, 0.15) is 32.8 Å². The monoisotopic (exact) mass is 261 g/mol. The maximum atomic E-state index is 5.69. The topological polar surface area (TPSA) is 30.5 Å². The lowest BCUT2D eigenvalue weighted by Crippen LogP contribution is -2.14. The third kappa shape index (κ3) is 5.67. The maximum Gasteiger partial charge on any atom is 0.161 e. The number of methoxy groups -OCH3 is 1. The summed E-state index contributed by atoms with van der Waals surface area (Å²) in [6, 6.07) is 6.02. The Hall–Kier alpha value is -1.66. The summed E-state index contributed by atoms with van der Waals surface area (Å²) in [5.41, 5.74) is 1.18. The predicted octanol–water partition coefficient (Wildman–Crippen LogP) is 2.99. The van der Waals surface area contributed by atoms with Gasteiger partial charge in [-0.3, -0.25) is 0 Å². The van der Waals surface area contributed by atoms with Crippen molar-refractivity contribution in [1.29, 1.82) is 0 Å². The minimum atomic E-state index is 0.144. The van der Waals surface area contributed by atoms with E-state index in [9.17, 15) is 0 Å². The van der Waals surface area contributed by atoms with Gasteiger partial charge in [0, 0.05) is 19.5 Å². The third-order valence-electron chi connectivity index (χ3n) is 2.52. The van der Waals surface area contributed by atoms with Crippen LogP contribution in [0.4, 0.5) is 0 Å². The molecule has 0 radical (unpaired) electrons. The number of benzene rings is 1. The summed E-state index contributed by atoms with van der Waals surface area (Å²) in [6.45, 7) is 7.57. The highest BCUT2D eigenvalue weighted by atomic mass is 16.5. The minimum Gasteiger partial charge on any atom is -0.493 e. The standard InChI is InChI=1S/C16H23NO2/c1-5-6-7-10-17-12-14-8-9-15(19-13(2)3)16(11-14)18-4/h8-9,11,13,17H,7,10,12H2,1-4H3. The van der Waals surface area contributed by atoms with Gasteiger partial charge in [0.15, 0.2) is 11.5 Å². The van der Waals surface area contributed by atoms with Crippen LogP contribution < -0.4 is 14.8 Å². The molecule has 1 rings (SSSR count). The lowest BCUT2D eigenvalue weighted by Gasteiger charge is -2.14. The molecule has 0 aliphatic rings. The van der Waals surface area contributed by atoms with Crippen molar-refractivity contribution in [1.82, 2.24) is 5.32 Å². The van der Waals surface area contributed by atoms with E-state index in [0.29, 0.717) is 0 Å². The molecule has 1 N–H and O–H groups in total. The van der Waals surface area contributed by atoms with Gasteiger partial charge in [-0.05, 0) is 38.5 Å². The Morgan fingerprint density at radius 1 is 1.26 bits per heavy atom. The predicted molar refractivity (Wildman–Crippen MR) is 78.5 cm³/mol. The van der Waals surface area contributed by atoms with Gasteiger partial charge in [0.05, 0.1) is 13.2 Å². The number of nitrogens with one attached hydrogen (secondary N) is 1. The average molecular weight is 261 g/mol. The molecule has 0 aliphatic heterocycles. The Balaban J connectivity index is 2.57. The number of rotatable bonds is 7. The highest BCUT2D eigenvalue weighted by Gasteiger charge is 2.07. The molecule has 0 aromatic heterocycles. The van der Waals surface area contributed by atoms with Crippen molar-refractivity contribution in [2.24, 2.45) is 0 Å². The van der Waals surface area contributed by atoms with Crippen molar-refractivity contribution in [2.45, 2.75) is 39.8 Å². The molecule has 3 heteroatoms. The molecule has 104 valence electrons. The average Bonchev–Trinajstić information content (AvgIpc) is 2.39. The van der Waals surface area contributed by atoms with Gasteiger partial charge in [-0.2, -0.15) is 0 Å².